The molecule has 1 aromatic rings. The molecule has 0 unspecified atom stereocenters. The summed E-state index contributed by atoms with van der Waals surface area (Å²) in [5, 5.41) is -0.0869. The molecule has 0 radical (unpaired) electrons. The largest absolute Gasteiger partial charge is 0.490 e. The van der Waals surface area contributed by atoms with Gasteiger partial charge < -0.3 is 14.4 Å². The molecule has 2 aliphatic rings. The normalized spacial score (nSPS) is 18.5. The third kappa shape index (κ3) is 5.74. The molecule has 2 aliphatic heterocycles. The molecule has 3 amide bonds. The fraction of sp³-hybridized carbons (Fsp3) is 0.500. The quantitative estimate of drug-likeness (QED) is 0.547. The predicted molar refractivity (Wildman–Crippen MR) is 122 cm³/mol. The van der Waals surface area contributed by atoms with Crippen LogP contribution in [-0.2, 0) is 9.59 Å². The summed E-state index contributed by atoms with van der Waals surface area (Å²) in [6.45, 7) is 5.69. The summed E-state index contributed by atoms with van der Waals surface area (Å²) in [6.07, 6.45) is 5.69. The molecule has 0 aliphatic carbocycles. The molecule has 1 aromatic carbocycles. The molecule has 31 heavy (non-hydrogen) atoms. The zero-order valence-corrected chi connectivity index (χ0v) is 19.4. The second kappa shape index (κ2) is 10.9. The molecule has 2 saturated heterocycles. The molecule has 0 aromatic heterocycles. The Balaban J connectivity index is 1.77. The van der Waals surface area contributed by atoms with Crippen LogP contribution in [0.1, 0.15) is 45.1 Å². The van der Waals surface area contributed by atoms with Gasteiger partial charge in [-0.1, -0.05) is 24.4 Å². The summed E-state index contributed by atoms with van der Waals surface area (Å²) in [4.78, 5) is 40.9. The highest BCUT2D eigenvalue weighted by atomic mass is 35.5. The highest BCUT2D eigenvalue weighted by molar-refractivity contribution is 8.18. The number of carbonyl (C=O) groups excluding carboxylic acids is 3. The summed E-state index contributed by atoms with van der Waals surface area (Å²) >= 11 is 7.16. The molecular weight excluding hydrogens is 440 g/mol. The topological polar surface area (TPSA) is 76.2 Å². The van der Waals surface area contributed by atoms with Crippen molar-refractivity contribution in [1.29, 1.82) is 0 Å². The fourth-order valence-electron chi connectivity index (χ4n) is 3.56. The van der Waals surface area contributed by atoms with Gasteiger partial charge in [0.05, 0.1) is 23.1 Å². The number of nitrogens with zero attached hydrogens (tertiary/aromatic N) is 2. The van der Waals surface area contributed by atoms with E-state index in [-0.39, 0.29) is 17.4 Å². The van der Waals surface area contributed by atoms with Crippen LogP contribution in [0, 0.1) is 0 Å². The average Bonchev–Trinajstić information content (AvgIpc) is 2.94. The Morgan fingerprint density at radius 1 is 1.10 bits per heavy atom. The van der Waals surface area contributed by atoms with E-state index in [1.807, 2.05) is 13.8 Å². The van der Waals surface area contributed by atoms with Gasteiger partial charge in [0.15, 0.2) is 11.5 Å². The lowest BCUT2D eigenvalue weighted by molar-refractivity contribution is -0.135. The number of thioether (sulfide) groups is 1. The number of hydrogen-bond donors (Lipinski definition) is 0. The number of ether oxygens (including phenoxy) is 2. The van der Waals surface area contributed by atoms with Crippen molar-refractivity contribution in [2.75, 3.05) is 32.8 Å². The number of hydrogen-bond acceptors (Lipinski definition) is 6. The van der Waals surface area contributed by atoms with E-state index in [4.69, 9.17) is 21.1 Å². The van der Waals surface area contributed by atoms with Crippen LogP contribution in [0.15, 0.2) is 17.0 Å². The molecule has 0 saturated carbocycles. The number of carbonyl (C=O) groups is 3. The van der Waals surface area contributed by atoms with Crippen LogP contribution in [0.3, 0.4) is 0 Å². The number of benzene rings is 1. The average molecular weight is 467 g/mol. The van der Waals surface area contributed by atoms with Crippen molar-refractivity contribution in [3.05, 3.63) is 27.6 Å². The van der Waals surface area contributed by atoms with Crippen LogP contribution < -0.4 is 9.47 Å². The van der Waals surface area contributed by atoms with E-state index in [0.29, 0.717) is 48.4 Å². The molecule has 9 heteroatoms. The fourth-order valence-corrected chi connectivity index (χ4v) is 4.67. The Hall–Kier alpha value is -2.19. The third-order valence-electron chi connectivity index (χ3n) is 5.04. The van der Waals surface area contributed by atoms with Crippen molar-refractivity contribution in [3.63, 3.8) is 0 Å². The number of imide groups is 1. The first-order valence-electron chi connectivity index (χ1n) is 10.6. The molecule has 3 rings (SSSR count). The number of halogens is 1. The highest BCUT2D eigenvalue weighted by Crippen LogP contribution is 2.39. The summed E-state index contributed by atoms with van der Waals surface area (Å²) in [5.74, 6) is 0.257. The van der Waals surface area contributed by atoms with Crippen LogP contribution >= 0.6 is 23.4 Å². The third-order valence-corrected chi connectivity index (χ3v) is 6.23. The van der Waals surface area contributed by atoms with Crippen molar-refractivity contribution in [3.8, 4) is 11.5 Å². The zero-order valence-electron chi connectivity index (χ0n) is 17.8. The van der Waals surface area contributed by atoms with Crippen molar-refractivity contribution < 1.29 is 23.9 Å². The van der Waals surface area contributed by atoms with Crippen LogP contribution in [0.5, 0.6) is 11.5 Å². The summed E-state index contributed by atoms with van der Waals surface area (Å²) in [6, 6.07) is 3.38. The molecule has 0 spiro atoms. The second-order valence-electron chi connectivity index (χ2n) is 7.26. The monoisotopic (exact) mass is 466 g/mol. The lowest BCUT2D eigenvalue weighted by Crippen LogP contribution is -2.42. The van der Waals surface area contributed by atoms with E-state index in [1.54, 1.807) is 23.1 Å². The lowest BCUT2D eigenvalue weighted by Gasteiger charge is -2.22. The zero-order chi connectivity index (χ0) is 22.4. The van der Waals surface area contributed by atoms with Crippen LogP contribution in [-0.4, -0.2) is 59.7 Å². The molecule has 2 fully saturated rings. The summed E-state index contributed by atoms with van der Waals surface area (Å²) < 4.78 is 11.2. The second-order valence-corrected chi connectivity index (χ2v) is 8.66. The van der Waals surface area contributed by atoms with E-state index in [9.17, 15) is 14.4 Å². The van der Waals surface area contributed by atoms with E-state index in [2.05, 4.69) is 0 Å². The minimum absolute atomic E-state index is 0.187. The Bertz CT molecular complexity index is 881. The molecule has 0 atom stereocenters. The van der Waals surface area contributed by atoms with Gasteiger partial charge >= 0.3 is 0 Å². The smallest absolute Gasteiger partial charge is 0.294 e. The highest BCUT2D eigenvalue weighted by Gasteiger charge is 2.37. The molecular formula is C22H27ClN2O5S. The maximum absolute atomic E-state index is 12.8. The van der Waals surface area contributed by atoms with Gasteiger partial charge in [0.2, 0.25) is 5.91 Å². The van der Waals surface area contributed by atoms with Crippen LogP contribution in [0.4, 0.5) is 4.79 Å². The lowest BCUT2D eigenvalue weighted by atomic mass is 10.1. The van der Waals surface area contributed by atoms with Gasteiger partial charge in [0.1, 0.15) is 6.54 Å². The molecule has 0 N–H and O–H groups in total. The molecule has 7 nitrogen and oxygen atoms in total. The van der Waals surface area contributed by atoms with Crippen LogP contribution in [0.25, 0.3) is 6.08 Å². The van der Waals surface area contributed by atoms with Gasteiger partial charge in [0.25, 0.3) is 11.1 Å². The Labute approximate surface area is 191 Å². The Morgan fingerprint density at radius 3 is 2.42 bits per heavy atom. The van der Waals surface area contributed by atoms with Crippen molar-refractivity contribution in [2.24, 2.45) is 0 Å². The van der Waals surface area contributed by atoms with Gasteiger partial charge in [0, 0.05) is 13.1 Å². The van der Waals surface area contributed by atoms with Crippen molar-refractivity contribution in [1.82, 2.24) is 9.80 Å². The van der Waals surface area contributed by atoms with Crippen molar-refractivity contribution >= 4 is 46.5 Å². The van der Waals surface area contributed by atoms with Gasteiger partial charge in [-0.25, -0.2) is 0 Å². The van der Waals surface area contributed by atoms with Crippen LogP contribution in [0.2, 0.25) is 5.02 Å². The van der Waals surface area contributed by atoms with Gasteiger partial charge in [-0.3, -0.25) is 19.3 Å². The van der Waals surface area contributed by atoms with Gasteiger partial charge in [-0.05, 0) is 62.2 Å². The predicted octanol–water partition coefficient (Wildman–Crippen LogP) is 4.58. The van der Waals surface area contributed by atoms with E-state index in [1.165, 1.54) is 0 Å². The van der Waals surface area contributed by atoms with E-state index >= 15 is 0 Å². The number of likely N-dealkylation sites (tertiary alicyclic amines) is 1. The maximum Gasteiger partial charge on any atom is 0.294 e. The minimum atomic E-state index is -0.471. The van der Waals surface area contributed by atoms with E-state index in [0.717, 1.165) is 42.3 Å². The first kappa shape index (κ1) is 23.5. The van der Waals surface area contributed by atoms with Gasteiger partial charge in [-0.2, -0.15) is 0 Å². The summed E-state index contributed by atoms with van der Waals surface area (Å²) in [7, 11) is 0. The standard InChI is InChI=1S/C22H27ClN2O5S/c1-3-29-17-12-15(11-16(23)20(17)30-4-2)13-18-21(27)25(22(28)31-18)14-19(26)24-9-7-5-6-8-10-24/h11-13H,3-10,14H2,1-2H3. The maximum atomic E-state index is 12.8. The first-order valence-corrected chi connectivity index (χ1v) is 11.8. The SMILES string of the molecule is CCOc1cc(C=C2SC(=O)N(CC(=O)N3CCCCCC3)C2=O)cc(Cl)c1OCC. The molecule has 2 heterocycles. The van der Waals surface area contributed by atoms with Crippen molar-refractivity contribution in [2.45, 2.75) is 39.5 Å². The number of amides is 3. The Kier molecular flexibility index (Phi) is 8.26. The summed E-state index contributed by atoms with van der Waals surface area (Å²) in [5.41, 5.74) is 0.612. The first-order chi connectivity index (χ1) is 14.9. The minimum Gasteiger partial charge on any atom is -0.490 e. The van der Waals surface area contributed by atoms with Gasteiger partial charge in [-0.15, -0.1) is 0 Å². The number of rotatable bonds is 7. The molecule has 0 bridgehead atoms. The molecule has 168 valence electrons. The van der Waals surface area contributed by atoms with E-state index < -0.39 is 11.1 Å². The Morgan fingerprint density at radius 2 is 1.77 bits per heavy atom.